The summed E-state index contributed by atoms with van der Waals surface area (Å²) in [5, 5.41) is 9.42. The van der Waals surface area contributed by atoms with Crippen LogP contribution in [0.2, 0.25) is 0 Å². The zero-order chi connectivity index (χ0) is 34.4. The normalized spacial score (nSPS) is 11.4. The minimum absolute atomic E-state index is 0.0642. The third kappa shape index (κ3) is 8.52. The van der Waals surface area contributed by atoms with Crippen LogP contribution in [0.5, 0.6) is 11.5 Å². The minimum atomic E-state index is -0.314. The molecule has 5 heteroatoms. The Labute approximate surface area is 274 Å². The number of hydrogen-bond acceptors (Lipinski definition) is 3. The molecule has 4 aromatic rings. The SMILES string of the molecule is C=C(c1cc(CC)ccc1-c1cc(OC)ccc1F)C(C)(C)C.C=C(c1cc(CO)ccc1-c1cc(OC)ccc1F)C(C)(C)C. The van der Waals surface area contributed by atoms with E-state index in [4.69, 9.17) is 9.47 Å². The van der Waals surface area contributed by atoms with Crippen molar-refractivity contribution in [2.75, 3.05) is 14.2 Å². The highest BCUT2D eigenvalue weighted by Gasteiger charge is 2.23. The standard InChI is InChI=1S/C21H25FO.C20H23FO2/c1-7-15-8-10-17(18(12-15)14(2)21(3,4)5)19-13-16(23-6)9-11-20(19)22;1-13(20(2,3)4)17-10-14(12-22)6-8-16(17)18-11-15(23-5)7-9-19(18)21/h8-13H,2,7H2,1,3-6H3;6-11,22H,1,12H2,2-5H3. The monoisotopic (exact) mass is 626 g/mol. The van der Waals surface area contributed by atoms with Crippen molar-refractivity contribution < 1.29 is 23.4 Å². The molecule has 0 amide bonds. The van der Waals surface area contributed by atoms with E-state index in [9.17, 15) is 13.9 Å². The third-order valence-electron chi connectivity index (χ3n) is 8.15. The van der Waals surface area contributed by atoms with Crippen LogP contribution in [0.4, 0.5) is 8.78 Å². The van der Waals surface area contributed by atoms with E-state index in [-0.39, 0.29) is 29.1 Å². The Hall–Kier alpha value is -4.22. The summed E-state index contributed by atoms with van der Waals surface area (Å²) < 4.78 is 39.3. The van der Waals surface area contributed by atoms with Crippen LogP contribution >= 0.6 is 0 Å². The molecule has 0 aliphatic heterocycles. The van der Waals surface area contributed by atoms with Crippen molar-refractivity contribution in [1.29, 1.82) is 0 Å². The third-order valence-corrected chi connectivity index (χ3v) is 8.15. The van der Waals surface area contributed by atoms with E-state index in [2.05, 4.69) is 67.7 Å². The highest BCUT2D eigenvalue weighted by molar-refractivity contribution is 5.84. The van der Waals surface area contributed by atoms with Crippen molar-refractivity contribution in [3.05, 3.63) is 120 Å². The minimum Gasteiger partial charge on any atom is -0.497 e. The number of aliphatic hydroxyl groups is 1. The first-order valence-electron chi connectivity index (χ1n) is 15.5. The average molecular weight is 627 g/mol. The predicted octanol–water partition coefficient (Wildman–Crippen LogP) is 11.2. The van der Waals surface area contributed by atoms with Crippen LogP contribution in [0.15, 0.2) is 86.0 Å². The molecule has 1 N–H and O–H groups in total. The molecule has 3 nitrogen and oxygen atoms in total. The topological polar surface area (TPSA) is 38.7 Å². The largest absolute Gasteiger partial charge is 0.497 e. The molecule has 0 spiro atoms. The molecular weight excluding hydrogens is 578 g/mol. The Balaban J connectivity index is 0.000000250. The van der Waals surface area contributed by atoms with E-state index in [1.165, 1.54) is 17.7 Å². The highest BCUT2D eigenvalue weighted by Crippen LogP contribution is 2.41. The van der Waals surface area contributed by atoms with Crippen LogP contribution in [0, 0.1) is 22.5 Å². The van der Waals surface area contributed by atoms with Gasteiger partial charge in [-0.1, -0.05) is 92.0 Å². The summed E-state index contributed by atoms with van der Waals surface area (Å²) in [6.45, 7) is 23.1. The lowest BCUT2D eigenvalue weighted by atomic mass is 9.80. The fourth-order valence-corrected chi connectivity index (χ4v) is 4.95. The molecule has 244 valence electrons. The molecule has 46 heavy (non-hydrogen) atoms. The maximum absolute atomic E-state index is 14.4. The molecule has 0 unspecified atom stereocenters. The summed E-state index contributed by atoms with van der Waals surface area (Å²) in [4.78, 5) is 0. The van der Waals surface area contributed by atoms with Crippen LogP contribution in [0.1, 0.15) is 70.7 Å². The number of benzene rings is 4. The molecule has 0 saturated carbocycles. The van der Waals surface area contributed by atoms with Crippen molar-refractivity contribution in [3.8, 4) is 33.8 Å². The Morgan fingerprint density at radius 2 is 1.00 bits per heavy atom. The lowest BCUT2D eigenvalue weighted by molar-refractivity contribution is 0.282. The van der Waals surface area contributed by atoms with Crippen LogP contribution < -0.4 is 9.47 Å². The zero-order valence-corrected chi connectivity index (χ0v) is 28.8. The van der Waals surface area contributed by atoms with Gasteiger partial charge in [0.25, 0.3) is 0 Å². The van der Waals surface area contributed by atoms with Crippen LogP contribution in [-0.4, -0.2) is 19.3 Å². The summed E-state index contributed by atoms with van der Waals surface area (Å²) in [6, 6.07) is 21.2. The average Bonchev–Trinajstić information content (AvgIpc) is 3.03. The van der Waals surface area contributed by atoms with Gasteiger partial charge in [-0.3, -0.25) is 0 Å². The summed E-state index contributed by atoms with van der Waals surface area (Å²) in [5.74, 6) is 0.678. The van der Waals surface area contributed by atoms with Crippen molar-refractivity contribution >= 4 is 11.1 Å². The maximum atomic E-state index is 14.4. The Bertz CT molecular complexity index is 1580. The van der Waals surface area contributed by atoms with Crippen molar-refractivity contribution in [1.82, 2.24) is 0 Å². The van der Waals surface area contributed by atoms with Crippen molar-refractivity contribution in [2.24, 2.45) is 10.8 Å². The molecule has 0 radical (unpaired) electrons. The fourth-order valence-electron chi connectivity index (χ4n) is 4.95. The molecule has 0 aliphatic rings. The second-order valence-corrected chi connectivity index (χ2v) is 13.4. The number of halogens is 2. The summed E-state index contributed by atoms with van der Waals surface area (Å²) in [7, 11) is 3.15. The van der Waals surface area contributed by atoms with E-state index in [0.29, 0.717) is 22.6 Å². The Morgan fingerprint density at radius 3 is 1.35 bits per heavy atom. The molecule has 0 fully saturated rings. The molecule has 0 aromatic heterocycles. The van der Waals surface area contributed by atoms with E-state index in [1.54, 1.807) is 44.6 Å². The smallest absolute Gasteiger partial charge is 0.131 e. The first-order chi connectivity index (χ1) is 21.5. The van der Waals surface area contributed by atoms with E-state index in [0.717, 1.165) is 45.4 Å². The van der Waals surface area contributed by atoms with E-state index >= 15 is 0 Å². The molecule has 4 rings (SSSR count). The molecule has 0 saturated heterocycles. The van der Waals surface area contributed by atoms with Gasteiger partial charge in [0, 0.05) is 11.1 Å². The van der Waals surface area contributed by atoms with Gasteiger partial charge in [-0.15, -0.1) is 0 Å². The van der Waals surface area contributed by atoms with Crippen LogP contribution in [0.25, 0.3) is 33.4 Å². The Kier molecular flexibility index (Phi) is 11.8. The van der Waals surface area contributed by atoms with Gasteiger partial charge in [-0.05, 0) is 104 Å². The second kappa shape index (κ2) is 14.9. The lowest BCUT2D eigenvalue weighted by Crippen LogP contribution is -2.09. The van der Waals surface area contributed by atoms with Gasteiger partial charge in [0.05, 0.1) is 20.8 Å². The van der Waals surface area contributed by atoms with Gasteiger partial charge >= 0.3 is 0 Å². The first-order valence-corrected chi connectivity index (χ1v) is 15.5. The summed E-state index contributed by atoms with van der Waals surface area (Å²) in [6.07, 6.45) is 0.936. The van der Waals surface area contributed by atoms with Gasteiger partial charge in [0.2, 0.25) is 0 Å². The molecule has 4 aromatic carbocycles. The first kappa shape index (κ1) is 36.3. The van der Waals surface area contributed by atoms with Crippen molar-refractivity contribution in [2.45, 2.75) is 61.5 Å². The number of ether oxygens (including phenoxy) is 2. The molecule has 0 heterocycles. The number of rotatable bonds is 8. The Morgan fingerprint density at radius 1 is 0.609 bits per heavy atom. The van der Waals surface area contributed by atoms with Gasteiger partial charge in [0.15, 0.2) is 0 Å². The second-order valence-electron chi connectivity index (χ2n) is 13.4. The number of aryl methyl sites for hydroxylation is 1. The fraction of sp³-hybridized carbons (Fsp3) is 0.317. The van der Waals surface area contributed by atoms with Crippen molar-refractivity contribution in [3.63, 3.8) is 0 Å². The lowest BCUT2D eigenvalue weighted by Gasteiger charge is -2.25. The van der Waals surface area contributed by atoms with Gasteiger partial charge in [0.1, 0.15) is 23.1 Å². The number of methoxy groups -OCH3 is 2. The van der Waals surface area contributed by atoms with Gasteiger partial charge < -0.3 is 14.6 Å². The predicted molar refractivity (Wildman–Crippen MR) is 189 cm³/mol. The van der Waals surface area contributed by atoms with Crippen LogP contribution in [-0.2, 0) is 13.0 Å². The van der Waals surface area contributed by atoms with E-state index in [1.807, 2.05) is 24.3 Å². The molecule has 0 bridgehead atoms. The highest BCUT2D eigenvalue weighted by atomic mass is 19.1. The van der Waals surface area contributed by atoms with E-state index < -0.39 is 0 Å². The summed E-state index contributed by atoms with van der Waals surface area (Å²) >= 11 is 0. The van der Waals surface area contributed by atoms with Gasteiger partial charge in [-0.25, -0.2) is 8.78 Å². The molecule has 0 atom stereocenters. The molecular formula is C41H48F2O3. The number of hydrogen-bond donors (Lipinski definition) is 1. The zero-order valence-electron chi connectivity index (χ0n) is 28.8. The quantitative estimate of drug-likeness (QED) is 0.211. The van der Waals surface area contributed by atoms with Crippen LogP contribution in [0.3, 0.4) is 0 Å². The molecule has 0 aliphatic carbocycles. The van der Waals surface area contributed by atoms with Gasteiger partial charge in [-0.2, -0.15) is 0 Å². The number of allylic oxidation sites excluding steroid dienone is 2. The maximum Gasteiger partial charge on any atom is 0.131 e. The number of aliphatic hydroxyl groups excluding tert-OH is 1. The summed E-state index contributed by atoms with van der Waals surface area (Å²) in [5.41, 5.74) is 8.11.